The summed E-state index contributed by atoms with van der Waals surface area (Å²) in [5.41, 5.74) is 11.4. The van der Waals surface area contributed by atoms with E-state index < -0.39 is 0 Å². The van der Waals surface area contributed by atoms with E-state index >= 15 is 0 Å². The summed E-state index contributed by atoms with van der Waals surface area (Å²) in [7, 11) is -0.0770. The number of pyridine rings is 1. The van der Waals surface area contributed by atoms with Gasteiger partial charge in [-0.15, -0.1) is 0 Å². The molecular weight excluding hydrogens is 439 g/mol. The molecular formula is C31H33BN4. The van der Waals surface area contributed by atoms with Gasteiger partial charge in [0, 0.05) is 11.9 Å². The lowest BCUT2D eigenvalue weighted by atomic mass is 9.82. The van der Waals surface area contributed by atoms with Crippen molar-refractivity contribution in [1.82, 2.24) is 4.98 Å². The van der Waals surface area contributed by atoms with Crippen molar-refractivity contribution >= 4 is 41.4 Å². The second-order valence-corrected chi connectivity index (χ2v) is 10.7. The van der Waals surface area contributed by atoms with Gasteiger partial charge in [-0.05, 0) is 78.3 Å². The smallest absolute Gasteiger partial charge is 0.343 e. The molecule has 0 spiro atoms. The van der Waals surface area contributed by atoms with Crippen molar-refractivity contribution in [2.24, 2.45) is 0 Å². The van der Waals surface area contributed by atoms with Crippen molar-refractivity contribution in [3.63, 3.8) is 0 Å². The van der Waals surface area contributed by atoms with Crippen molar-refractivity contribution in [3.8, 4) is 0 Å². The summed E-state index contributed by atoms with van der Waals surface area (Å²) in [4.78, 5) is 12.4. The minimum absolute atomic E-state index is 0.0770. The molecule has 0 unspecified atom stereocenters. The third-order valence-electron chi connectivity index (χ3n) is 7.68. The van der Waals surface area contributed by atoms with Crippen molar-refractivity contribution in [2.75, 3.05) is 14.4 Å². The molecule has 5 heteroatoms. The average Bonchev–Trinajstić information content (AvgIpc) is 3.38. The first-order chi connectivity index (χ1) is 17.4. The van der Waals surface area contributed by atoms with Gasteiger partial charge < -0.3 is 14.4 Å². The standard InChI is InChI=1S/C31H33BN4/c1-20(2)24-12-11-13-25(21(3)4)31(24)36-29-17-10-8-15-27(29)34-26-14-7-9-16-28(26)35(32(34)36)30-18-22(5)23(6)19-33-30/h7-21H,1-6H3. The minimum atomic E-state index is -0.0770. The molecule has 4 nitrogen and oxygen atoms in total. The number of fused-ring (bicyclic) bond motifs is 5. The number of nitrogens with zero attached hydrogens (tertiary/aromatic N) is 4. The highest BCUT2D eigenvalue weighted by Crippen LogP contribution is 2.57. The zero-order valence-corrected chi connectivity index (χ0v) is 22.0. The molecule has 0 saturated carbocycles. The number of rotatable bonds is 4. The molecule has 6 rings (SSSR count). The Morgan fingerprint density at radius 2 is 1.11 bits per heavy atom. The number of para-hydroxylation sites is 5. The molecule has 0 aliphatic carbocycles. The number of benzene rings is 3. The van der Waals surface area contributed by atoms with Gasteiger partial charge in [0.15, 0.2) is 0 Å². The Hall–Kier alpha value is -3.73. The fourth-order valence-corrected chi connectivity index (χ4v) is 5.73. The molecule has 36 heavy (non-hydrogen) atoms. The van der Waals surface area contributed by atoms with E-state index in [1.165, 1.54) is 50.7 Å². The zero-order chi connectivity index (χ0) is 25.1. The predicted molar refractivity (Wildman–Crippen MR) is 153 cm³/mol. The molecule has 180 valence electrons. The number of hydrogen-bond donors (Lipinski definition) is 0. The van der Waals surface area contributed by atoms with Gasteiger partial charge >= 0.3 is 7.12 Å². The Bertz CT molecular complexity index is 1430. The van der Waals surface area contributed by atoms with Crippen LogP contribution in [0.1, 0.15) is 61.8 Å². The summed E-state index contributed by atoms with van der Waals surface area (Å²) in [5.74, 6) is 1.78. The fourth-order valence-electron chi connectivity index (χ4n) is 5.73. The quantitative estimate of drug-likeness (QED) is 0.278. The Morgan fingerprint density at radius 1 is 0.611 bits per heavy atom. The second kappa shape index (κ2) is 8.44. The molecule has 3 aromatic carbocycles. The van der Waals surface area contributed by atoms with Crippen LogP contribution in [0.5, 0.6) is 0 Å². The van der Waals surface area contributed by atoms with Crippen LogP contribution in [0.4, 0.5) is 34.3 Å². The first kappa shape index (κ1) is 22.7. The first-order valence-electron chi connectivity index (χ1n) is 13.0. The largest absolute Gasteiger partial charge is 0.520 e. The first-order valence-corrected chi connectivity index (χ1v) is 13.0. The Balaban J connectivity index is 1.67. The highest BCUT2D eigenvalue weighted by atomic mass is 15.5. The fraction of sp³-hybridized carbons (Fsp3) is 0.258. The van der Waals surface area contributed by atoms with Gasteiger partial charge in [0.1, 0.15) is 5.82 Å². The van der Waals surface area contributed by atoms with Crippen LogP contribution in [-0.4, -0.2) is 12.1 Å². The van der Waals surface area contributed by atoms with Crippen LogP contribution in [0, 0.1) is 13.8 Å². The van der Waals surface area contributed by atoms with Gasteiger partial charge in [0.25, 0.3) is 0 Å². The monoisotopic (exact) mass is 472 g/mol. The van der Waals surface area contributed by atoms with Crippen LogP contribution >= 0.6 is 0 Å². The van der Waals surface area contributed by atoms with Crippen molar-refractivity contribution < 1.29 is 0 Å². The Morgan fingerprint density at radius 3 is 1.61 bits per heavy atom. The molecule has 1 aromatic heterocycles. The molecule has 0 saturated heterocycles. The lowest BCUT2D eigenvalue weighted by Gasteiger charge is -2.35. The average molecular weight is 472 g/mol. The number of aromatic nitrogens is 1. The number of hydrogen-bond acceptors (Lipinski definition) is 4. The topological polar surface area (TPSA) is 22.6 Å². The summed E-state index contributed by atoms with van der Waals surface area (Å²) in [5, 5.41) is 0. The van der Waals surface area contributed by atoms with Crippen LogP contribution in [0.2, 0.25) is 0 Å². The van der Waals surface area contributed by atoms with Gasteiger partial charge in [0.05, 0.1) is 22.7 Å². The third kappa shape index (κ3) is 3.26. The molecule has 2 aliphatic heterocycles. The maximum atomic E-state index is 4.96. The minimum Gasteiger partial charge on any atom is -0.343 e. The molecule has 0 bridgehead atoms. The predicted octanol–water partition coefficient (Wildman–Crippen LogP) is 8.37. The van der Waals surface area contributed by atoms with E-state index in [9.17, 15) is 0 Å². The summed E-state index contributed by atoms with van der Waals surface area (Å²) in [6, 6.07) is 26.6. The van der Waals surface area contributed by atoms with E-state index in [2.05, 4.69) is 129 Å². The van der Waals surface area contributed by atoms with Crippen LogP contribution < -0.4 is 14.4 Å². The van der Waals surface area contributed by atoms with Crippen LogP contribution in [-0.2, 0) is 0 Å². The molecule has 0 atom stereocenters. The summed E-state index contributed by atoms with van der Waals surface area (Å²) < 4.78 is 0. The van der Waals surface area contributed by atoms with Crippen LogP contribution in [0.25, 0.3) is 0 Å². The van der Waals surface area contributed by atoms with E-state index in [1.807, 2.05) is 6.20 Å². The van der Waals surface area contributed by atoms with Gasteiger partial charge in [-0.2, -0.15) is 0 Å². The molecule has 0 amide bonds. The third-order valence-corrected chi connectivity index (χ3v) is 7.68. The second-order valence-electron chi connectivity index (χ2n) is 10.7. The molecule has 4 aromatic rings. The lowest BCUT2D eigenvalue weighted by Crippen LogP contribution is -2.52. The van der Waals surface area contributed by atoms with Crippen molar-refractivity contribution in [2.45, 2.75) is 53.4 Å². The van der Waals surface area contributed by atoms with Gasteiger partial charge in [0.2, 0.25) is 0 Å². The molecule has 0 N–H and O–H groups in total. The SMILES string of the molecule is Cc1cnc(N2B3N(c4ccccc42)c2ccccc2N3c2c(C(C)C)cccc2C(C)C)cc1C. The Kier molecular flexibility index (Phi) is 5.33. The molecule has 0 fully saturated rings. The van der Waals surface area contributed by atoms with Gasteiger partial charge in [-0.1, -0.05) is 70.2 Å². The molecule has 0 radical (unpaired) electrons. The van der Waals surface area contributed by atoms with Gasteiger partial charge in [-0.25, -0.2) is 4.98 Å². The number of aryl methyl sites for hydroxylation is 2. The summed E-state index contributed by atoms with van der Waals surface area (Å²) in [6.07, 6.45) is 2.00. The van der Waals surface area contributed by atoms with E-state index in [1.54, 1.807) is 0 Å². The number of anilines is 6. The maximum Gasteiger partial charge on any atom is 0.520 e. The summed E-state index contributed by atoms with van der Waals surface area (Å²) in [6.45, 7) is 13.5. The highest BCUT2D eigenvalue weighted by molar-refractivity contribution is 6.80. The normalized spacial score (nSPS) is 14.1. The molecule has 2 aliphatic rings. The van der Waals surface area contributed by atoms with Gasteiger partial charge in [-0.3, -0.25) is 0 Å². The zero-order valence-electron chi connectivity index (χ0n) is 22.0. The van der Waals surface area contributed by atoms with E-state index in [0.29, 0.717) is 11.8 Å². The van der Waals surface area contributed by atoms with E-state index in [0.717, 1.165) is 5.82 Å². The summed E-state index contributed by atoms with van der Waals surface area (Å²) >= 11 is 0. The molecule has 3 heterocycles. The van der Waals surface area contributed by atoms with Crippen molar-refractivity contribution in [1.29, 1.82) is 0 Å². The van der Waals surface area contributed by atoms with Crippen LogP contribution in [0.3, 0.4) is 0 Å². The Labute approximate surface area is 215 Å². The maximum absolute atomic E-state index is 4.96. The van der Waals surface area contributed by atoms with E-state index in [-0.39, 0.29) is 7.12 Å². The lowest BCUT2D eigenvalue weighted by molar-refractivity contribution is 0.833. The highest BCUT2D eigenvalue weighted by Gasteiger charge is 2.54. The van der Waals surface area contributed by atoms with Crippen molar-refractivity contribution in [3.05, 3.63) is 101 Å². The van der Waals surface area contributed by atoms with Crippen LogP contribution in [0.15, 0.2) is 79.0 Å². The van der Waals surface area contributed by atoms with E-state index in [4.69, 9.17) is 4.98 Å².